The van der Waals surface area contributed by atoms with E-state index in [1.807, 2.05) is 18.3 Å². The number of nitrogens with zero attached hydrogens (tertiary/aromatic N) is 4. The Labute approximate surface area is 223 Å². The summed E-state index contributed by atoms with van der Waals surface area (Å²) in [6.07, 6.45) is 8.66. The fraction of sp³-hybridized carbons (Fsp3) is 0.483. The summed E-state index contributed by atoms with van der Waals surface area (Å²) < 4.78 is 29.4. The standard InChI is InChI=1S/C29H37F2N7/c1-3-4-5-10-33-25-14-22(13-23(30)20(25)2)27-24(31)16-35-28(37-27)36-26-7-6-21(15-34-26)17-38-18-29(19-38)8-11-32-12-9-29/h6-7,13-16,32-33H,3-5,8-12,17-19H2,1-2H3,(H,34,35,36,37). The molecule has 2 aromatic heterocycles. The maximum absolute atomic E-state index is 14.7. The van der Waals surface area contributed by atoms with Crippen LogP contribution in [-0.4, -0.2) is 52.6 Å². The zero-order valence-corrected chi connectivity index (χ0v) is 22.3. The van der Waals surface area contributed by atoms with Crippen molar-refractivity contribution in [3.8, 4) is 11.3 Å². The number of hydrogen-bond donors (Lipinski definition) is 3. The topological polar surface area (TPSA) is 78.0 Å². The number of rotatable bonds is 10. The van der Waals surface area contributed by atoms with E-state index in [2.05, 4.69) is 42.7 Å². The molecule has 2 aliphatic rings. The van der Waals surface area contributed by atoms with Gasteiger partial charge >= 0.3 is 0 Å². The Hall–Kier alpha value is -3.17. The molecule has 0 amide bonds. The maximum atomic E-state index is 14.7. The Morgan fingerprint density at radius 3 is 2.58 bits per heavy atom. The summed E-state index contributed by atoms with van der Waals surface area (Å²) in [5.74, 6) is -0.243. The van der Waals surface area contributed by atoms with Crippen LogP contribution in [0.5, 0.6) is 0 Å². The van der Waals surface area contributed by atoms with Gasteiger partial charge in [-0.15, -0.1) is 0 Å². The molecule has 9 heteroatoms. The second-order valence-corrected chi connectivity index (χ2v) is 10.7. The van der Waals surface area contributed by atoms with Crippen LogP contribution in [0.1, 0.15) is 50.2 Å². The molecule has 2 aliphatic heterocycles. The first-order valence-electron chi connectivity index (χ1n) is 13.7. The number of likely N-dealkylation sites (tertiary alicyclic amines) is 1. The van der Waals surface area contributed by atoms with Crippen molar-refractivity contribution in [2.45, 2.75) is 52.5 Å². The van der Waals surface area contributed by atoms with Gasteiger partial charge < -0.3 is 16.0 Å². The largest absolute Gasteiger partial charge is 0.385 e. The van der Waals surface area contributed by atoms with Crippen LogP contribution in [0.4, 0.5) is 26.2 Å². The van der Waals surface area contributed by atoms with E-state index in [1.54, 1.807) is 13.0 Å². The number of anilines is 3. The van der Waals surface area contributed by atoms with Gasteiger partial charge in [0.05, 0.1) is 6.20 Å². The summed E-state index contributed by atoms with van der Waals surface area (Å²) in [5.41, 5.74) is 3.21. The normalized spacial score (nSPS) is 16.8. The second kappa shape index (κ2) is 11.7. The van der Waals surface area contributed by atoms with Crippen LogP contribution in [0, 0.1) is 24.0 Å². The molecule has 4 heterocycles. The van der Waals surface area contributed by atoms with E-state index in [4.69, 9.17) is 0 Å². The van der Waals surface area contributed by atoms with E-state index < -0.39 is 11.6 Å². The summed E-state index contributed by atoms with van der Waals surface area (Å²) in [6.45, 7) is 10.0. The Kier molecular flexibility index (Phi) is 8.14. The van der Waals surface area contributed by atoms with Gasteiger partial charge in [0.15, 0.2) is 5.82 Å². The number of hydrogen-bond acceptors (Lipinski definition) is 7. The lowest BCUT2D eigenvalue weighted by Crippen LogP contribution is -2.59. The number of unbranched alkanes of at least 4 members (excludes halogenated alkanes) is 2. The van der Waals surface area contributed by atoms with Crippen molar-refractivity contribution in [3.63, 3.8) is 0 Å². The third-order valence-corrected chi connectivity index (χ3v) is 7.71. The summed E-state index contributed by atoms with van der Waals surface area (Å²) >= 11 is 0. The van der Waals surface area contributed by atoms with Crippen molar-refractivity contribution in [2.24, 2.45) is 5.41 Å². The van der Waals surface area contributed by atoms with E-state index in [9.17, 15) is 8.78 Å². The minimum Gasteiger partial charge on any atom is -0.385 e. The molecule has 202 valence electrons. The number of halogens is 2. The van der Waals surface area contributed by atoms with Gasteiger partial charge in [-0.05, 0) is 68.5 Å². The molecule has 38 heavy (non-hydrogen) atoms. The predicted molar refractivity (Wildman–Crippen MR) is 147 cm³/mol. The van der Waals surface area contributed by atoms with Crippen LogP contribution in [0.25, 0.3) is 11.3 Å². The third kappa shape index (κ3) is 6.10. The molecule has 0 saturated carbocycles. The maximum Gasteiger partial charge on any atom is 0.229 e. The number of benzene rings is 1. The Morgan fingerprint density at radius 2 is 1.84 bits per heavy atom. The first-order chi connectivity index (χ1) is 18.4. The van der Waals surface area contributed by atoms with Crippen LogP contribution in [0.15, 0.2) is 36.7 Å². The van der Waals surface area contributed by atoms with E-state index in [1.165, 1.54) is 18.9 Å². The van der Waals surface area contributed by atoms with E-state index in [-0.39, 0.29) is 11.6 Å². The lowest BCUT2D eigenvalue weighted by atomic mass is 9.72. The fourth-order valence-corrected chi connectivity index (χ4v) is 5.48. The molecule has 3 aromatic rings. The van der Waals surface area contributed by atoms with Gasteiger partial charge in [0.1, 0.15) is 17.3 Å². The average molecular weight is 522 g/mol. The van der Waals surface area contributed by atoms with Gasteiger partial charge in [-0.1, -0.05) is 25.8 Å². The highest BCUT2D eigenvalue weighted by Gasteiger charge is 2.42. The van der Waals surface area contributed by atoms with Gasteiger partial charge in [0.2, 0.25) is 5.95 Å². The van der Waals surface area contributed by atoms with E-state index in [0.29, 0.717) is 28.0 Å². The smallest absolute Gasteiger partial charge is 0.229 e. The number of aromatic nitrogens is 3. The molecule has 0 unspecified atom stereocenters. The zero-order chi connectivity index (χ0) is 26.5. The summed E-state index contributed by atoms with van der Waals surface area (Å²) in [7, 11) is 0. The Balaban J connectivity index is 1.24. The number of pyridine rings is 1. The first kappa shape index (κ1) is 26.4. The molecular formula is C29H37F2N7. The molecule has 0 radical (unpaired) electrons. The molecule has 0 bridgehead atoms. The summed E-state index contributed by atoms with van der Waals surface area (Å²) in [5, 5.41) is 9.78. The molecular weight excluding hydrogens is 484 g/mol. The summed E-state index contributed by atoms with van der Waals surface area (Å²) in [4.78, 5) is 15.4. The third-order valence-electron chi connectivity index (χ3n) is 7.71. The van der Waals surface area contributed by atoms with Crippen molar-refractivity contribution in [1.82, 2.24) is 25.2 Å². The SMILES string of the molecule is CCCCCNc1cc(-c2nc(Nc3ccc(CN4CC5(CCNCC5)C4)cn3)ncc2F)cc(F)c1C. The highest BCUT2D eigenvalue weighted by atomic mass is 19.1. The molecule has 0 atom stereocenters. The van der Waals surface area contributed by atoms with Crippen molar-refractivity contribution < 1.29 is 8.78 Å². The Bertz CT molecular complexity index is 1230. The number of piperidine rings is 1. The van der Waals surface area contributed by atoms with Crippen LogP contribution in [0.2, 0.25) is 0 Å². The highest BCUT2D eigenvalue weighted by Crippen LogP contribution is 2.39. The molecule has 2 fully saturated rings. The van der Waals surface area contributed by atoms with Crippen LogP contribution >= 0.6 is 0 Å². The zero-order valence-electron chi connectivity index (χ0n) is 22.3. The quantitative estimate of drug-likeness (QED) is 0.297. The molecule has 1 spiro atoms. The second-order valence-electron chi connectivity index (χ2n) is 10.7. The van der Waals surface area contributed by atoms with Gasteiger partial charge in [-0.2, -0.15) is 0 Å². The lowest BCUT2D eigenvalue weighted by molar-refractivity contribution is -0.0282. The molecule has 2 saturated heterocycles. The van der Waals surface area contributed by atoms with Crippen molar-refractivity contribution in [3.05, 3.63) is 59.4 Å². The first-order valence-corrected chi connectivity index (χ1v) is 13.7. The molecule has 7 nitrogen and oxygen atoms in total. The predicted octanol–water partition coefficient (Wildman–Crippen LogP) is 5.66. The number of nitrogens with one attached hydrogen (secondary N) is 3. The van der Waals surface area contributed by atoms with Crippen molar-refractivity contribution in [2.75, 3.05) is 43.4 Å². The lowest BCUT2D eigenvalue weighted by Gasteiger charge is -2.52. The van der Waals surface area contributed by atoms with E-state index in [0.717, 1.165) is 70.3 Å². The van der Waals surface area contributed by atoms with Crippen molar-refractivity contribution in [1.29, 1.82) is 0 Å². The van der Waals surface area contributed by atoms with Gasteiger partial charge in [-0.3, -0.25) is 4.90 Å². The molecule has 5 rings (SSSR count). The van der Waals surface area contributed by atoms with Crippen molar-refractivity contribution >= 4 is 17.5 Å². The van der Waals surface area contributed by atoms with Crippen LogP contribution < -0.4 is 16.0 Å². The van der Waals surface area contributed by atoms with Crippen LogP contribution in [-0.2, 0) is 6.54 Å². The molecule has 0 aliphatic carbocycles. The van der Waals surface area contributed by atoms with Gasteiger partial charge in [-0.25, -0.2) is 23.7 Å². The van der Waals surface area contributed by atoms with Gasteiger partial charge in [0.25, 0.3) is 0 Å². The minimum absolute atomic E-state index is 0.0410. The van der Waals surface area contributed by atoms with E-state index >= 15 is 0 Å². The van der Waals surface area contributed by atoms with Crippen LogP contribution in [0.3, 0.4) is 0 Å². The highest BCUT2D eigenvalue weighted by molar-refractivity contribution is 5.69. The Morgan fingerprint density at radius 1 is 1.03 bits per heavy atom. The fourth-order valence-electron chi connectivity index (χ4n) is 5.48. The molecule has 1 aromatic carbocycles. The summed E-state index contributed by atoms with van der Waals surface area (Å²) in [6, 6.07) is 6.99. The average Bonchev–Trinajstić information content (AvgIpc) is 2.91. The van der Waals surface area contributed by atoms with Gasteiger partial charge in [0, 0.05) is 49.2 Å². The molecule has 3 N–H and O–H groups in total. The minimum atomic E-state index is -0.611. The monoisotopic (exact) mass is 521 g/mol.